The Morgan fingerprint density at radius 2 is 1.76 bits per heavy atom. The molecule has 8 heteroatoms. The summed E-state index contributed by atoms with van der Waals surface area (Å²) in [4.78, 5) is 5.08. The summed E-state index contributed by atoms with van der Waals surface area (Å²) in [6, 6.07) is 16.9. The van der Waals surface area contributed by atoms with E-state index in [0.717, 1.165) is 60.8 Å². The maximum absolute atomic E-state index is 5.82. The van der Waals surface area contributed by atoms with Crippen molar-refractivity contribution < 1.29 is 0 Å². The van der Waals surface area contributed by atoms with Crippen LogP contribution in [0.2, 0.25) is 0 Å². The topological polar surface area (TPSA) is 111 Å². The summed E-state index contributed by atoms with van der Waals surface area (Å²) in [6.07, 6.45) is 10.5. The first-order valence-corrected chi connectivity index (χ1v) is 13.8. The second-order valence-electron chi connectivity index (χ2n) is 10.3. The molecule has 1 aliphatic carbocycles. The Morgan fingerprint density at radius 1 is 0.973 bits per heavy atom. The van der Waals surface area contributed by atoms with E-state index < -0.39 is 0 Å². The van der Waals surface area contributed by atoms with E-state index in [4.69, 9.17) is 15.8 Å². The Kier molecular flexibility index (Phi) is 8.35. The van der Waals surface area contributed by atoms with Gasteiger partial charge in [0.25, 0.3) is 0 Å². The molecule has 0 amide bonds. The predicted molar refractivity (Wildman–Crippen MR) is 146 cm³/mol. The van der Waals surface area contributed by atoms with Gasteiger partial charge in [0.05, 0.1) is 6.54 Å². The molecule has 1 saturated carbocycles. The van der Waals surface area contributed by atoms with Crippen LogP contribution in [0.1, 0.15) is 81.4 Å². The molecule has 194 valence electrons. The predicted octanol–water partition coefficient (Wildman–Crippen LogP) is 5.53. The summed E-state index contributed by atoms with van der Waals surface area (Å²) < 4.78 is 2.18. The van der Waals surface area contributed by atoms with Crippen LogP contribution in [0.4, 0.5) is 0 Å². The zero-order valence-corrected chi connectivity index (χ0v) is 21.8. The fraction of sp³-hybridized carbons (Fsp3) is 0.483. The molecule has 0 aliphatic heterocycles. The highest BCUT2D eigenvalue weighted by atomic mass is 15.5. The van der Waals surface area contributed by atoms with E-state index >= 15 is 0 Å². The normalized spacial score (nSPS) is 17.8. The zero-order chi connectivity index (χ0) is 25.5. The number of nitrogens with one attached hydrogen (secondary N) is 1. The number of H-pyrrole nitrogens is 1. The van der Waals surface area contributed by atoms with Crippen molar-refractivity contribution in [2.75, 3.05) is 6.54 Å². The van der Waals surface area contributed by atoms with Gasteiger partial charge in [-0.25, -0.2) is 14.8 Å². The van der Waals surface area contributed by atoms with Gasteiger partial charge in [-0.1, -0.05) is 68.3 Å². The van der Waals surface area contributed by atoms with E-state index in [1.54, 1.807) is 0 Å². The van der Waals surface area contributed by atoms with Crippen LogP contribution in [0.5, 0.6) is 0 Å². The van der Waals surface area contributed by atoms with Crippen LogP contribution in [0, 0.1) is 5.92 Å². The Bertz CT molecular complexity index is 1240. The van der Waals surface area contributed by atoms with Crippen molar-refractivity contribution in [3.8, 4) is 22.5 Å². The number of nitrogens with zero attached hydrogens (tertiary/aromatic N) is 6. The number of benzene rings is 2. The lowest BCUT2D eigenvalue weighted by atomic mass is 9.80. The van der Waals surface area contributed by atoms with Gasteiger partial charge in [0.15, 0.2) is 11.6 Å². The summed E-state index contributed by atoms with van der Waals surface area (Å²) in [6.45, 7) is 3.78. The first-order valence-electron chi connectivity index (χ1n) is 13.8. The maximum atomic E-state index is 5.82. The van der Waals surface area contributed by atoms with E-state index in [9.17, 15) is 0 Å². The van der Waals surface area contributed by atoms with Gasteiger partial charge < -0.3 is 5.73 Å². The Morgan fingerprint density at radius 3 is 2.46 bits per heavy atom. The van der Waals surface area contributed by atoms with Crippen molar-refractivity contribution in [3.05, 3.63) is 65.7 Å². The number of aromatic amines is 1. The molecule has 0 radical (unpaired) electrons. The standard InChI is InChI=1S/C29H38N8/c1-2-3-4-9-27-31-29(24-16-10-21(11-17-24)18-19-30)37(34-27)20-22-12-14-23(15-13-22)25-7-5-6-8-26(25)28-32-35-36-33-28/h5-8,12-15,21,24H,2-4,9-11,16-20,30H2,1H3,(H,32,33,35,36). The van der Waals surface area contributed by atoms with Crippen molar-refractivity contribution in [2.24, 2.45) is 11.7 Å². The van der Waals surface area contributed by atoms with Gasteiger partial charge in [-0.05, 0) is 78.1 Å². The summed E-state index contributed by atoms with van der Waals surface area (Å²) in [5.74, 6) is 4.10. The molecular weight excluding hydrogens is 460 g/mol. The highest BCUT2D eigenvalue weighted by molar-refractivity contribution is 5.80. The second-order valence-corrected chi connectivity index (χ2v) is 10.3. The largest absolute Gasteiger partial charge is 0.330 e. The number of nitrogens with two attached hydrogens (primary N) is 1. The molecule has 2 aromatic carbocycles. The number of aryl methyl sites for hydroxylation is 1. The van der Waals surface area contributed by atoms with Crippen LogP contribution in [-0.4, -0.2) is 41.9 Å². The molecule has 0 spiro atoms. The zero-order valence-electron chi connectivity index (χ0n) is 21.8. The van der Waals surface area contributed by atoms with Gasteiger partial charge in [0.2, 0.25) is 0 Å². The lowest BCUT2D eigenvalue weighted by Crippen LogP contribution is -2.19. The average molecular weight is 499 g/mol. The third-order valence-corrected chi connectivity index (χ3v) is 7.66. The lowest BCUT2D eigenvalue weighted by Gasteiger charge is -2.27. The molecule has 4 aromatic rings. The second kappa shape index (κ2) is 12.2. The van der Waals surface area contributed by atoms with Gasteiger partial charge >= 0.3 is 0 Å². The summed E-state index contributed by atoms with van der Waals surface area (Å²) in [7, 11) is 0. The van der Waals surface area contributed by atoms with Crippen molar-refractivity contribution in [1.29, 1.82) is 0 Å². The van der Waals surface area contributed by atoms with Crippen LogP contribution in [-0.2, 0) is 13.0 Å². The lowest BCUT2D eigenvalue weighted by molar-refractivity contribution is 0.302. The molecule has 8 nitrogen and oxygen atoms in total. The molecule has 3 N–H and O–H groups in total. The van der Waals surface area contributed by atoms with Gasteiger partial charge in [-0.3, -0.25) is 0 Å². The Labute approximate surface area is 219 Å². The number of tetrazole rings is 1. The Balaban J connectivity index is 1.35. The monoisotopic (exact) mass is 498 g/mol. The quantitative estimate of drug-likeness (QED) is 0.263. The van der Waals surface area contributed by atoms with Gasteiger partial charge in [-0.15, -0.1) is 5.10 Å². The fourth-order valence-corrected chi connectivity index (χ4v) is 5.58. The SMILES string of the molecule is CCCCCc1nc(C2CCC(CCN)CC2)n(Cc2ccc(-c3ccccc3-c3nnn[nH]3)cc2)n1. The summed E-state index contributed by atoms with van der Waals surface area (Å²) >= 11 is 0. The summed E-state index contributed by atoms with van der Waals surface area (Å²) in [5.41, 5.74) is 10.3. The van der Waals surface area contributed by atoms with Crippen LogP contribution < -0.4 is 5.73 Å². The molecule has 5 rings (SSSR count). The number of unbranched alkanes of at least 4 members (excludes halogenated alkanes) is 2. The smallest absolute Gasteiger partial charge is 0.180 e. The molecule has 1 aliphatic rings. The first-order chi connectivity index (χ1) is 18.2. The van der Waals surface area contributed by atoms with Crippen LogP contribution in [0.25, 0.3) is 22.5 Å². The fourth-order valence-electron chi connectivity index (χ4n) is 5.58. The van der Waals surface area contributed by atoms with Crippen molar-refractivity contribution in [2.45, 2.75) is 77.2 Å². The number of aromatic nitrogens is 7. The van der Waals surface area contributed by atoms with Crippen molar-refractivity contribution in [1.82, 2.24) is 35.4 Å². The minimum Gasteiger partial charge on any atom is -0.330 e. The molecular formula is C29H38N8. The minimum atomic E-state index is 0.489. The van der Waals surface area contributed by atoms with Crippen molar-refractivity contribution >= 4 is 0 Å². The number of rotatable bonds is 11. The molecule has 2 aromatic heterocycles. The van der Waals surface area contributed by atoms with E-state index in [2.05, 4.69) is 62.6 Å². The van der Waals surface area contributed by atoms with Crippen LogP contribution in [0.3, 0.4) is 0 Å². The third kappa shape index (κ3) is 6.13. The van der Waals surface area contributed by atoms with Gasteiger partial charge in [-0.2, -0.15) is 5.10 Å². The molecule has 37 heavy (non-hydrogen) atoms. The molecule has 0 bridgehead atoms. The van der Waals surface area contributed by atoms with E-state index in [0.29, 0.717) is 11.7 Å². The molecule has 2 heterocycles. The molecule has 0 atom stereocenters. The van der Waals surface area contributed by atoms with Gasteiger partial charge in [0.1, 0.15) is 5.82 Å². The van der Waals surface area contributed by atoms with Gasteiger partial charge in [0, 0.05) is 17.9 Å². The number of hydrogen-bond donors (Lipinski definition) is 2. The Hall–Kier alpha value is -3.39. The molecule has 1 fully saturated rings. The van der Waals surface area contributed by atoms with E-state index in [1.807, 2.05) is 18.2 Å². The third-order valence-electron chi connectivity index (χ3n) is 7.66. The average Bonchev–Trinajstić information content (AvgIpc) is 3.61. The van der Waals surface area contributed by atoms with Crippen LogP contribution >= 0.6 is 0 Å². The van der Waals surface area contributed by atoms with Crippen LogP contribution in [0.15, 0.2) is 48.5 Å². The van der Waals surface area contributed by atoms with E-state index in [-0.39, 0.29) is 0 Å². The number of hydrogen-bond acceptors (Lipinski definition) is 6. The maximum Gasteiger partial charge on any atom is 0.180 e. The summed E-state index contributed by atoms with van der Waals surface area (Å²) in [5, 5.41) is 19.5. The van der Waals surface area contributed by atoms with Crippen molar-refractivity contribution in [3.63, 3.8) is 0 Å². The molecule has 0 saturated heterocycles. The van der Waals surface area contributed by atoms with E-state index in [1.165, 1.54) is 49.9 Å². The molecule has 0 unspecified atom stereocenters. The highest BCUT2D eigenvalue weighted by Crippen LogP contribution is 2.36. The minimum absolute atomic E-state index is 0.489. The highest BCUT2D eigenvalue weighted by Gasteiger charge is 2.26. The first kappa shape index (κ1) is 25.3.